The smallest absolute Gasteiger partial charge is 0.263 e. The van der Waals surface area contributed by atoms with Crippen LogP contribution in [0.15, 0.2) is 53.7 Å². The second kappa shape index (κ2) is 9.60. The molecule has 1 fully saturated rings. The molecule has 0 spiro atoms. The first-order valence-corrected chi connectivity index (χ1v) is 12.8. The SMILES string of the molecule is Cc1ccc(CNC(=O)c2cn(C)nc2S(=O)(=O)N2CCN(c3cccc(C)c3C)CC2)cc1. The number of benzene rings is 2. The van der Waals surface area contributed by atoms with Gasteiger partial charge in [0.1, 0.15) is 0 Å². The van der Waals surface area contributed by atoms with Crippen molar-refractivity contribution in [3.05, 3.63) is 76.5 Å². The van der Waals surface area contributed by atoms with Gasteiger partial charge in [-0.05, 0) is 43.5 Å². The first kappa shape index (κ1) is 24.0. The molecular weight excluding hydrogens is 450 g/mol. The quantitative estimate of drug-likeness (QED) is 0.585. The van der Waals surface area contributed by atoms with Gasteiger partial charge in [0, 0.05) is 51.7 Å². The normalized spacial score (nSPS) is 14.9. The van der Waals surface area contributed by atoms with Gasteiger partial charge < -0.3 is 10.2 Å². The summed E-state index contributed by atoms with van der Waals surface area (Å²) in [5, 5.41) is 6.78. The molecule has 34 heavy (non-hydrogen) atoms. The van der Waals surface area contributed by atoms with Gasteiger partial charge in [0.05, 0.1) is 5.56 Å². The molecule has 1 aromatic heterocycles. The summed E-state index contributed by atoms with van der Waals surface area (Å²) in [6.07, 6.45) is 1.46. The molecule has 0 atom stereocenters. The van der Waals surface area contributed by atoms with Crippen LogP contribution in [0.1, 0.15) is 32.6 Å². The Bertz CT molecular complexity index is 1290. The Kier molecular flexibility index (Phi) is 6.77. The summed E-state index contributed by atoms with van der Waals surface area (Å²) in [5.74, 6) is -0.457. The highest BCUT2D eigenvalue weighted by molar-refractivity contribution is 7.89. The molecule has 1 aliphatic rings. The van der Waals surface area contributed by atoms with Gasteiger partial charge in [-0.25, -0.2) is 8.42 Å². The van der Waals surface area contributed by atoms with Gasteiger partial charge in [-0.15, -0.1) is 0 Å². The zero-order chi connectivity index (χ0) is 24.5. The van der Waals surface area contributed by atoms with Gasteiger partial charge in [0.25, 0.3) is 15.9 Å². The number of aromatic nitrogens is 2. The molecule has 1 saturated heterocycles. The molecule has 0 bridgehead atoms. The maximum absolute atomic E-state index is 13.5. The van der Waals surface area contributed by atoms with E-state index in [2.05, 4.69) is 41.3 Å². The Hall–Kier alpha value is -3.17. The molecule has 1 N–H and O–H groups in total. The molecule has 0 saturated carbocycles. The lowest BCUT2D eigenvalue weighted by Gasteiger charge is -2.36. The third-order valence-corrected chi connectivity index (χ3v) is 8.19. The number of nitrogens with zero attached hydrogens (tertiary/aromatic N) is 4. The number of aryl methyl sites for hydroxylation is 3. The number of sulfonamides is 1. The van der Waals surface area contributed by atoms with Crippen molar-refractivity contribution >= 4 is 21.6 Å². The molecule has 1 aliphatic heterocycles. The molecule has 180 valence electrons. The van der Waals surface area contributed by atoms with Crippen LogP contribution in [0.4, 0.5) is 5.69 Å². The van der Waals surface area contributed by atoms with E-state index in [0.29, 0.717) is 32.7 Å². The van der Waals surface area contributed by atoms with Crippen molar-refractivity contribution in [1.29, 1.82) is 0 Å². The van der Waals surface area contributed by atoms with Crippen LogP contribution in [-0.2, 0) is 23.6 Å². The van der Waals surface area contributed by atoms with E-state index in [1.807, 2.05) is 37.3 Å². The van der Waals surface area contributed by atoms with E-state index in [0.717, 1.165) is 16.8 Å². The Balaban J connectivity index is 1.48. The van der Waals surface area contributed by atoms with Crippen LogP contribution >= 0.6 is 0 Å². The largest absolute Gasteiger partial charge is 0.369 e. The van der Waals surface area contributed by atoms with Crippen molar-refractivity contribution in [2.45, 2.75) is 32.3 Å². The number of hydrogen-bond acceptors (Lipinski definition) is 5. The predicted octanol–water partition coefficient (Wildman–Crippen LogP) is 2.79. The Labute approximate surface area is 201 Å². The van der Waals surface area contributed by atoms with Crippen molar-refractivity contribution in [3.63, 3.8) is 0 Å². The summed E-state index contributed by atoms with van der Waals surface area (Å²) in [6.45, 7) is 8.28. The minimum atomic E-state index is -3.92. The lowest BCUT2D eigenvalue weighted by atomic mass is 10.1. The number of hydrogen-bond donors (Lipinski definition) is 1. The molecule has 0 unspecified atom stereocenters. The lowest BCUT2D eigenvalue weighted by Crippen LogP contribution is -2.49. The minimum absolute atomic E-state index is 0.0616. The molecular formula is C25H31N5O3S. The highest BCUT2D eigenvalue weighted by atomic mass is 32.2. The summed E-state index contributed by atoms with van der Waals surface area (Å²) in [6, 6.07) is 14.0. The van der Waals surface area contributed by atoms with Gasteiger partial charge in [0.2, 0.25) is 5.03 Å². The summed E-state index contributed by atoms with van der Waals surface area (Å²) in [5.41, 5.74) is 5.68. The lowest BCUT2D eigenvalue weighted by molar-refractivity contribution is 0.0947. The second-order valence-corrected chi connectivity index (χ2v) is 10.7. The number of rotatable bonds is 6. The fourth-order valence-electron chi connectivity index (χ4n) is 4.17. The van der Waals surface area contributed by atoms with Crippen molar-refractivity contribution in [3.8, 4) is 0 Å². The van der Waals surface area contributed by atoms with Crippen molar-refractivity contribution in [1.82, 2.24) is 19.4 Å². The van der Waals surface area contributed by atoms with Gasteiger partial charge in [-0.1, -0.05) is 42.0 Å². The molecule has 0 radical (unpaired) electrons. The van der Waals surface area contributed by atoms with Crippen LogP contribution in [-0.4, -0.2) is 54.6 Å². The number of piperazine rings is 1. The number of anilines is 1. The third-order valence-electron chi connectivity index (χ3n) is 6.35. The van der Waals surface area contributed by atoms with Crippen LogP contribution < -0.4 is 10.2 Å². The summed E-state index contributed by atoms with van der Waals surface area (Å²) >= 11 is 0. The third kappa shape index (κ3) is 4.85. The average molecular weight is 482 g/mol. The maximum Gasteiger partial charge on any atom is 0.263 e. The molecule has 3 aromatic rings. The maximum atomic E-state index is 13.5. The van der Waals surface area contributed by atoms with Gasteiger partial charge in [-0.2, -0.15) is 9.40 Å². The average Bonchev–Trinajstić information content (AvgIpc) is 3.23. The first-order valence-electron chi connectivity index (χ1n) is 11.4. The van der Waals surface area contributed by atoms with E-state index in [9.17, 15) is 13.2 Å². The van der Waals surface area contributed by atoms with Crippen LogP contribution in [0, 0.1) is 20.8 Å². The zero-order valence-corrected chi connectivity index (χ0v) is 20.9. The van der Waals surface area contributed by atoms with E-state index in [1.54, 1.807) is 7.05 Å². The molecule has 2 aromatic carbocycles. The molecule has 4 rings (SSSR count). The highest BCUT2D eigenvalue weighted by Gasteiger charge is 2.34. The number of carbonyl (C=O) groups is 1. The minimum Gasteiger partial charge on any atom is -0.369 e. The summed E-state index contributed by atoms with van der Waals surface area (Å²) in [4.78, 5) is 15.1. The Morgan fingerprint density at radius 1 is 1.00 bits per heavy atom. The van der Waals surface area contributed by atoms with Crippen LogP contribution in [0.25, 0.3) is 0 Å². The molecule has 9 heteroatoms. The molecule has 1 amide bonds. The fourth-order valence-corrected chi connectivity index (χ4v) is 5.71. The van der Waals surface area contributed by atoms with Crippen LogP contribution in [0.5, 0.6) is 0 Å². The molecule has 8 nitrogen and oxygen atoms in total. The predicted molar refractivity (Wildman–Crippen MR) is 132 cm³/mol. The monoisotopic (exact) mass is 481 g/mol. The fraction of sp³-hybridized carbons (Fsp3) is 0.360. The zero-order valence-electron chi connectivity index (χ0n) is 20.1. The number of nitrogens with one attached hydrogen (secondary N) is 1. The van der Waals surface area contributed by atoms with Crippen molar-refractivity contribution in [2.24, 2.45) is 7.05 Å². The van der Waals surface area contributed by atoms with Crippen LogP contribution in [0.3, 0.4) is 0 Å². The molecule has 0 aliphatic carbocycles. The topological polar surface area (TPSA) is 87.5 Å². The standard InChI is InChI=1S/C25H31N5O3S/c1-18-8-10-21(11-9-18)16-26-24(31)22-17-28(4)27-25(22)34(32,33)30-14-12-29(13-15-30)23-7-5-6-19(2)20(23)3/h5-11,17H,12-16H2,1-4H3,(H,26,31). The molecule has 2 heterocycles. The van der Waals surface area contributed by atoms with E-state index in [-0.39, 0.29) is 10.6 Å². The Morgan fingerprint density at radius 2 is 1.68 bits per heavy atom. The van der Waals surface area contributed by atoms with Gasteiger partial charge >= 0.3 is 0 Å². The van der Waals surface area contributed by atoms with Gasteiger partial charge in [-0.3, -0.25) is 9.48 Å². The first-order chi connectivity index (χ1) is 16.2. The van der Waals surface area contributed by atoms with Crippen molar-refractivity contribution in [2.75, 3.05) is 31.1 Å². The number of carbonyl (C=O) groups excluding carboxylic acids is 1. The van der Waals surface area contributed by atoms with E-state index in [1.165, 1.54) is 26.3 Å². The highest BCUT2D eigenvalue weighted by Crippen LogP contribution is 2.26. The Morgan fingerprint density at radius 3 is 2.35 bits per heavy atom. The van der Waals surface area contributed by atoms with Gasteiger partial charge in [0.15, 0.2) is 0 Å². The summed E-state index contributed by atoms with van der Waals surface area (Å²) < 4.78 is 29.7. The van der Waals surface area contributed by atoms with E-state index >= 15 is 0 Å². The second-order valence-electron chi connectivity index (χ2n) is 8.80. The van der Waals surface area contributed by atoms with E-state index < -0.39 is 15.9 Å². The van der Waals surface area contributed by atoms with Crippen LogP contribution in [0.2, 0.25) is 0 Å². The van der Waals surface area contributed by atoms with E-state index in [4.69, 9.17) is 0 Å². The number of amides is 1. The summed E-state index contributed by atoms with van der Waals surface area (Å²) in [7, 11) is -2.30. The van der Waals surface area contributed by atoms with Crippen molar-refractivity contribution < 1.29 is 13.2 Å².